The maximum absolute atomic E-state index is 12.0. The Kier molecular flexibility index (Phi) is 3.69. The quantitative estimate of drug-likeness (QED) is 0.830. The van der Waals surface area contributed by atoms with Crippen LogP contribution in [-0.4, -0.2) is 33.9 Å². The molecule has 0 unspecified atom stereocenters. The third-order valence-corrected chi connectivity index (χ3v) is 4.50. The summed E-state index contributed by atoms with van der Waals surface area (Å²) in [5.41, 5.74) is 0. The van der Waals surface area contributed by atoms with E-state index in [2.05, 4.69) is 5.32 Å². The second-order valence-corrected chi connectivity index (χ2v) is 6.34. The first-order chi connectivity index (χ1) is 8.12. The van der Waals surface area contributed by atoms with Crippen LogP contribution < -0.4 is 10.1 Å². The second kappa shape index (κ2) is 5.06. The normalized spacial score (nSPS) is 15.8. The van der Waals surface area contributed by atoms with Crippen molar-refractivity contribution in [1.82, 2.24) is 5.32 Å². The van der Waals surface area contributed by atoms with Crippen LogP contribution in [0.5, 0.6) is 5.75 Å². The van der Waals surface area contributed by atoms with Crippen LogP contribution in [0.3, 0.4) is 0 Å². The SMILES string of the molecule is COc1cccc(S(=O)(=O)CCNC2CC2)c1. The van der Waals surface area contributed by atoms with Crippen LogP contribution >= 0.6 is 0 Å². The molecule has 94 valence electrons. The molecule has 1 aliphatic rings. The summed E-state index contributed by atoms with van der Waals surface area (Å²) < 4.78 is 29.0. The summed E-state index contributed by atoms with van der Waals surface area (Å²) in [5, 5.41) is 3.20. The number of hydrogen-bond acceptors (Lipinski definition) is 4. The zero-order chi connectivity index (χ0) is 12.3. The van der Waals surface area contributed by atoms with E-state index in [9.17, 15) is 8.42 Å². The maximum Gasteiger partial charge on any atom is 0.179 e. The monoisotopic (exact) mass is 255 g/mol. The molecule has 0 saturated heterocycles. The predicted octanol–water partition coefficient (Wildman–Crippen LogP) is 1.22. The number of benzene rings is 1. The third kappa shape index (κ3) is 3.44. The number of sulfone groups is 1. The van der Waals surface area contributed by atoms with Crippen LogP contribution in [0.1, 0.15) is 12.8 Å². The van der Waals surface area contributed by atoms with E-state index in [1.165, 1.54) is 20.0 Å². The molecule has 1 fully saturated rings. The average molecular weight is 255 g/mol. The van der Waals surface area contributed by atoms with Gasteiger partial charge in [-0.3, -0.25) is 0 Å². The zero-order valence-corrected chi connectivity index (χ0v) is 10.7. The Labute approximate surface area is 102 Å². The van der Waals surface area contributed by atoms with Gasteiger partial charge in [0, 0.05) is 12.6 Å². The molecule has 0 aromatic heterocycles. The summed E-state index contributed by atoms with van der Waals surface area (Å²) in [6.07, 6.45) is 2.33. The van der Waals surface area contributed by atoms with Gasteiger partial charge in [-0.2, -0.15) is 0 Å². The Morgan fingerprint density at radius 1 is 1.41 bits per heavy atom. The van der Waals surface area contributed by atoms with Crippen molar-refractivity contribution in [1.29, 1.82) is 0 Å². The van der Waals surface area contributed by atoms with Crippen molar-refractivity contribution in [2.75, 3.05) is 19.4 Å². The van der Waals surface area contributed by atoms with E-state index in [1.54, 1.807) is 24.3 Å². The largest absolute Gasteiger partial charge is 0.497 e. The third-order valence-electron chi connectivity index (χ3n) is 2.78. The molecule has 17 heavy (non-hydrogen) atoms. The summed E-state index contributed by atoms with van der Waals surface area (Å²) in [4.78, 5) is 0.328. The van der Waals surface area contributed by atoms with E-state index in [0.717, 1.165) is 0 Å². The molecule has 0 atom stereocenters. The highest BCUT2D eigenvalue weighted by Crippen LogP contribution is 2.20. The minimum atomic E-state index is -3.20. The van der Waals surface area contributed by atoms with Gasteiger partial charge in [0.15, 0.2) is 9.84 Å². The summed E-state index contributed by atoms with van der Waals surface area (Å²) in [5.74, 6) is 0.706. The molecule has 5 heteroatoms. The van der Waals surface area contributed by atoms with Crippen molar-refractivity contribution in [3.8, 4) is 5.75 Å². The first-order valence-electron chi connectivity index (χ1n) is 5.72. The fraction of sp³-hybridized carbons (Fsp3) is 0.500. The summed E-state index contributed by atoms with van der Waals surface area (Å²) >= 11 is 0. The zero-order valence-electron chi connectivity index (χ0n) is 9.85. The van der Waals surface area contributed by atoms with Crippen LogP contribution in [0.4, 0.5) is 0 Å². The van der Waals surface area contributed by atoms with E-state index in [0.29, 0.717) is 23.2 Å². The van der Waals surface area contributed by atoms with Crippen LogP contribution in [0.25, 0.3) is 0 Å². The van der Waals surface area contributed by atoms with Gasteiger partial charge in [0.1, 0.15) is 5.75 Å². The smallest absolute Gasteiger partial charge is 0.179 e. The molecule has 0 amide bonds. The lowest BCUT2D eigenvalue weighted by Crippen LogP contribution is -2.24. The number of nitrogens with one attached hydrogen (secondary N) is 1. The molecule has 1 aromatic rings. The van der Waals surface area contributed by atoms with Crippen LogP contribution in [-0.2, 0) is 9.84 Å². The topological polar surface area (TPSA) is 55.4 Å². The Bertz CT molecular complexity index is 480. The highest BCUT2D eigenvalue weighted by Gasteiger charge is 2.21. The molecular formula is C12H17NO3S. The average Bonchev–Trinajstić information content (AvgIpc) is 3.13. The van der Waals surface area contributed by atoms with E-state index in [1.807, 2.05) is 0 Å². The van der Waals surface area contributed by atoms with Crippen LogP contribution in [0.15, 0.2) is 29.2 Å². The molecule has 0 aliphatic heterocycles. The van der Waals surface area contributed by atoms with Crippen molar-refractivity contribution in [3.63, 3.8) is 0 Å². The van der Waals surface area contributed by atoms with Gasteiger partial charge < -0.3 is 10.1 Å². The molecule has 1 aliphatic carbocycles. The van der Waals surface area contributed by atoms with E-state index in [-0.39, 0.29) is 5.75 Å². The standard InChI is InChI=1S/C12H17NO3S/c1-16-11-3-2-4-12(9-11)17(14,15)8-7-13-10-5-6-10/h2-4,9-10,13H,5-8H2,1H3. The molecule has 0 bridgehead atoms. The number of hydrogen-bond donors (Lipinski definition) is 1. The Morgan fingerprint density at radius 2 is 2.18 bits per heavy atom. The van der Waals surface area contributed by atoms with Gasteiger partial charge >= 0.3 is 0 Å². The Balaban J connectivity index is 2.01. The van der Waals surface area contributed by atoms with Crippen molar-refractivity contribution in [2.45, 2.75) is 23.8 Å². The van der Waals surface area contributed by atoms with Gasteiger partial charge in [-0.1, -0.05) is 6.07 Å². The molecule has 1 N–H and O–H groups in total. The van der Waals surface area contributed by atoms with Crippen LogP contribution in [0.2, 0.25) is 0 Å². The molecule has 0 spiro atoms. The minimum absolute atomic E-state index is 0.136. The Hall–Kier alpha value is -1.07. The fourth-order valence-electron chi connectivity index (χ4n) is 1.60. The maximum atomic E-state index is 12.0. The lowest BCUT2D eigenvalue weighted by molar-refractivity contribution is 0.413. The van der Waals surface area contributed by atoms with Gasteiger partial charge in [-0.15, -0.1) is 0 Å². The Morgan fingerprint density at radius 3 is 2.82 bits per heavy atom. The van der Waals surface area contributed by atoms with Gasteiger partial charge in [0.25, 0.3) is 0 Å². The first-order valence-corrected chi connectivity index (χ1v) is 7.37. The summed E-state index contributed by atoms with van der Waals surface area (Å²) in [6.45, 7) is 0.518. The van der Waals surface area contributed by atoms with Gasteiger partial charge in [0.2, 0.25) is 0 Å². The lowest BCUT2D eigenvalue weighted by atomic mass is 10.3. The van der Waals surface area contributed by atoms with Gasteiger partial charge in [-0.25, -0.2) is 8.42 Å². The second-order valence-electron chi connectivity index (χ2n) is 4.23. The molecule has 4 nitrogen and oxygen atoms in total. The molecule has 1 aromatic carbocycles. The predicted molar refractivity (Wildman–Crippen MR) is 66.1 cm³/mol. The minimum Gasteiger partial charge on any atom is -0.497 e. The van der Waals surface area contributed by atoms with E-state index < -0.39 is 9.84 Å². The summed E-state index contributed by atoms with van der Waals surface area (Å²) in [6, 6.07) is 7.14. The molecule has 0 radical (unpaired) electrons. The molecule has 2 rings (SSSR count). The van der Waals surface area contributed by atoms with Crippen molar-refractivity contribution in [3.05, 3.63) is 24.3 Å². The first kappa shape index (κ1) is 12.4. The van der Waals surface area contributed by atoms with Crippen molar-refractivity contribution in [2.24, 2.45) is 0 Å². The molecule has 1 saturated carbocycles. The van der Waals surface area contributed by atoms with Crippen molar-refractivity contribution < 1.29 is 13.2 Å². The van der Waals surface area contributed by atoms with Gasteiger partial charge in [0.05, 0.1) is 17.8 Å². The molecule has 0 heterocycles. The number of methoxy groups -OCH3 is 1. The van der Waals surface area contributed by atoms with Gasteiger partial charge in [-0.05, 0) is 31.0 Å². The lowest BCUT2D eigenvalue weighted by Gasteiger charge is -2.07. The number of ether oxygens (including phenoxy) is 1. The van der Waals surface area contributed by atoms with E-state index in [4.69, 9.17) is 4.74 Å². The highest BCUT2D eigenvalue weighted by atomic mass is 32.2. The summed E-state index contributed by atoms with van der Waals surface area (Å²) in [7, 11) is -1.68. The number of rotatable bonds is 6. The highest BCUT2D eigenvalue weighted by molar-refractivity contribution is 7.91. The fourth-order valence-corrected chi connectivity index (χ4v) is 2.80. The molecular weight excluding hydrogens is 238 g/mol. The van der Waals surface area contributed by atoms with E-state index >= 15 is 0 Å². The van der Waals surface area contributed by atoms with Crippen molar-refractivity contribution >= 4 is 9.84 Å². The van der Waals surface area contributed by atoms with Crippen LogP contribution in [0, 0.1) is 0 Å².